The molecule has 1 fully saturated rings. The summed E-state index contributed by atoms with van der Waals surface area (Å²) >= 11 is 0. The zero-order chi connectivity index (χ0) is 22.4. The molecule has 30 heavy (non-hydrogen) atoms. The first kappa shape index (κ1) is 23.3. The molecule has 2 rings (SSSR count). The molecule has 0 heterocycles. The van der Waals surface area contributed by atoms with Gasteiger partial charge in [-0.2, -0.15) is 5.26 Å². The fraction of sp³-hybridized carbons (Fsp3) is 0.522. The number of carbonyl (C=O) groups excluding carboxylic acids is 1. The van der Waals surface area contributed by atoms with Crippen LogP contribution >= 0.6 is 0 Å². The molecular formula is C23H32N6O. The van der Waals surface area contributed by atoms with E-state index < -0.39 is 5.91 Å². The maximum atomic E-state index is 12.2. The molecule has 0 unspecified atom stereocenters. The van der Waals surface area contributed by atoms with Gasteiger partial charge in [0.15, 0.2) is 0 Å². The molecular weight excluding hydrogens is 376 g/mol. The molecule has 7 heteroatoms. The molecule has 0 atom stereocenters. The van der Waals surface area contributed by atoms with Crippen LogP contribution in [0.1, 0.15) is 56.2 Å². The maximum absolute atomic E-state index is 12.2. The number of nitrogens with one attached hydrogen (secondary N) is 3. The van der Waals surface area contributed by atoms with Gasteiger partial charge in [0.05, 0.1) is 17.8 Å². The van der Waals surface area contributed by atoms with Crippen molar-refractivity contribution >= 4 is 29.4 Å². The molecule has 1 aliphatic carbocycles. The van der Waals surface area contributed by atoms with E-state index in [9.17, 15) is 10.1 Å². The smallest absolute Gasteiger partial charge is 0.270 e. The number of hydrogen-bond donors (Lipinski definition) is 3. The van der Waals surface area contributed by atoms with E-state index in [0.29, 0.717) is 11.6 Å². The van der Waals surface area contributed by atoms with E-state index in [1.165, 1.54) is 0 Å². The van der Waals surface area contributed by atoms with E-state index in [-0.39, 0.29) is 23.5 Å². The number of benzene rings is 1. The predicted molar refractivity (Wildman–Crippen MR) is 122 cm³/mol. The maximum Gasteiger partial charge on any atom is 0.270 e. The van der Waals surface area contributed by atoms with Gasteiger partial charge < -0.3 is 10.2 Å². The van der Waals surface area contributed by atoms with Gasteiger partial charge in [-0.25, -0.2) is 4.99 Å². The molecule has 0 radical (unpaired) electrons. The van der Waals surface area contributed by atoms with Crippen LogP contribution in [0.5, 0.6) is 0 Å². The Morgan fingerprint density at radius 3 is 2.43 bits per heavy atom. The van der Waals surface area contributed by atoms with Crippen molar-refractivity contribution in [1.29, 1.82) is 16.1 Å². The minimum Gasteiger partial charge on any atom is -0.371 e. The number of rotatable bonds is 6. The summed E-state index contributed by atoms with van der Waals surface area (Å²) in [6.45, 7) is 7.73. The Morgan fingerprint density at radius 2 is 1.87 bits per heavy atom. The Bertz CT molecular complexity index is 888. The molecule has 1 aliphatic rings. The summed E-state index contributed by atoms with van der Waals surface area (Å²) in [4.78, 5) is 18.4. The Kier molecular flexibility index (Phi) is 7.87. The quantitative estimate of drug-likeness (QED) is 0.491. The van der Waals surface area contributed by atoms with Crippen LogP contribution in [-0.4, -0.2) is 42.8 Å². The summed E-state index contributed by atoms with van der Waals surface area (Å²) in [5.74, 6) is -0.317. The lowest BCUT2D eigenvalue weighted by atomic mass is 9.89. The molecule has 0 aromatic heterocycles. The lowest BCUT2D eigenvalue weighted by molar-refractivity contribution is -0.115. The summed E-state index contributed by atoms with van der Waals surface area (Å²) in [6.07, 6.45) is 4.74. The molecule has 1 saturated carbocycles. The number of anilines is 1. The Labute approximate surface area is 179 Å². The third-order valence-corrected chi connectivity index (χ3v) is 5.96. The fourth-order valence-electron chi connectivity index (χ4n) is 3.72. The highest BCUT2D eigenvalue weighted by atomic mass is 16.1. The highest BCUT2D eigenvalue weighted by Crippen LogP contribution is 2.30. The van der Waals surface area contributed by atoms with E-state index in [1.807, 2.05) is 32.9 Å². The number of nitriles is 1. The van der Waals surface area contributed by atoms with Crippen molar-refractivity contribution in [2.24, 2.45) is 10.9 Å². The van der Waals surface area contributed by atoms with Crippen LogP contribution in [0.4, 0.5) is 5.69 Å². The van der Waals surface area contributed by atoms with Gasteiger partial charge in [0.2, 0.25) is 0 Å². The van der Waals surface area contributed by atoms with Gasteiger partial charge >= 0.3 is 0 Å². The van der Waals surface area contributed by atoms with Gasteiger partial charge in [0.1, 0.15) is 11.5 Å². The molecule has 1 amide bonds. The summed E-state index contributed by atoms with van der Waals surface area (Å²) in [6, 6.07) is 6.55. The first-order chi connectivity index (χ1) is 14.1. The first-order valence-electron chi connectivity index (χ1n) is 10.4. The van der Waals surface area contributed by atoms with Crippen molar-refractivity contribution in [2.75, 3.05) is 11.9 Å². The van der Waals surface area contributed by atoms with E-state index in [0.717, 1.165) is 48.7 Å². The lowest BCUT2D eigenvalue weighted by Crippen LogP contribution is -2.45. The average Bonchev–Trinajstić information content (AvgIpc) is 2.73. The highest BCUT2D eigenvalue weighted by molar-refractivity contribution is 6.60. The van der Waals surface area contributed by atoms with Gasteiger partial charge in [-0.3, -0.25) is 15.6 Å². The Morgan fingerprint density at radius 1 is 1.23 bits per heavy atom. The van der Waals surface area contributed by atoms with E-state index in [4.69, 9.17) is 10.8 Å². The summed E-state index contributed by atoms with van der Waals surface area (Å²) in [7, 11) is 2.09. The average molecular weight is 409 g/mol. The van der Waals surface area contributed by atoms with E-state index >= 15 is 0 Å². The van der Waals surface area contributed by atoms with Gasteiger partial charge in [-0.1, -0.05) is 13.8 Å². The van der Waals surface area contributed by atoms with Crippen LogP contribution in [0.15, 0.2) is 17.1 Å². The van der Waals surface area contributed by atoms with Crippen molar-refractivity contribution in [3.05, 3.63) is 28.8 Å². The monoisotopic (exact) mass is 408 g/mol. The second-order valence-electron chi connectivity index (χ2n) is 8.30. The normalized spacial score (nSPS) is 18.8. The van der Waals surface area contributed by atoms with Crippen molar-refractivity contribution in [1.82, 2.24) is 5.32 Å². The minimum absolute atomic E-state index is 0.0343. The van der Waals surface area contributed by atoms with Crippen molar-refractivity contribution in [3.63, 3.8) is 0 Å². The van der Waals surface area contributed by atoms with Crippen molar-refractivity contribution < 1.29 is 4.79 Å². The molecule has 0 saturated heterocycles. The van der Waals surface area contributed by atoms with Crippen LogP contribution in [0.2, 0.25) is 0 Å². The van der Waals surface area contributed by atoms with Gasteiger partial charge in [-0.15, -0.1) is 0 Å². The lowest BCUT2D eigenvalue weighted by Gasteiger charge is -2.37. The second kappa shape index (κ2) is 10.1. The fourth-order valence-corrected chi connectivity index (χ4v) is 3.72. The number of amidine groups is 1. The van der Waals surface area contributed by atoms with Crippen LogP contribution < -0.4 is 10.2 Å². The summed E-state index contributed by atoms with van der Waals surface area (Å²) < 4.78 is 0. The Balaban J connectivity index is 1.91. The second-order valence-corrected chi connectivity index (χ2v) is 8.30. The largest absolute Gasteiger partial charge is 0.371 e. The van der Waals surface area contributed by atoms with Crippen LogP contribution in [0, 0.1) is 41.9 Å². The van der Waals surface area contributed by atoms with Gasteiger partial charge in [0, 0.05) is 30.7 Å². The number of hydrogen-bond acceptors (Lipinski definition) is 5. The molecule has 1 aromatic carbocycles. The van der Waals surface area contributed by atoms with Gasteiger partial charge in [0.25, 0.3) is 5.91 Å². The third-order valence-electron chi connectivity index (χ3n) is 5.96. The minimum atomic E-state index is -0.439. The summed E-state index contributed by atoms with van der Waals surface area (Å²) in [5.41, 5.74) is 3.79. The first-order valence-corrected chi connectivity index (χ1v) is 10.4. The van der Waals surface area contributed by atoms with E-state index in [1.54, 1.807) is 0 Å². The number of amides is 1. The van der Waals surface area contributed by atoms with Crippen LogP contribution in [0.25, 0.3) is 0 Å². The van der Waals surface area contributed by atoms with Crippen molar-refractivity contribution in [2.45, 2.75) is 65.5 Å². The summed E-state index contributed by atoms with van der Waals surface area (Å²) in [5, 5.41) is 27.7. The SMILES string of the molecule is Cc1c(C#N)ccc(N(C)C2CCC(NC(=O)C(=N)C=NC(=N)C(C)C)CC2)c1C. The molecule has 3 N–H and O–H groups in total. The molecule has 0 spiro atoms. The highest BCUT2D eigenvalue weighted by Gasteiger charge is 2.26. The number of carbonyl (C=O) groups is 1. The van der Waals surface area contributed by atoms with Crippen LogP contribution in [-0.2, 0) is 4.79 Å². The van der Waals surface area contributed by atoms with E-state index in [2.05, 4.69) is 35.2 Å². The Hall–Kier alpha value is -3.01. The predicted octanol–water partition coefficient (Wildman–Crippen LogP) is 3.76. The number of nitrogens with zero attached hydrogens (tertiary/aromatic N) is 3. The zero-order valence-corrected chi connectivity index (χ0v) is 18.5. The standard InChI is InChI=1S/C23H32N6O/c1-14(2)22(26)27-13-20(25)23(30)28-18-7-9-19(10-8-18)29(5)21-11-6-17(12-24)15(3)16(21)4/h6,11,13-14,18-19,25-26H,7-10H2,1-5H3,(H,28,30). The number of aliphatic imine (C=N–C) groups is 1. The molecule has 160 valence electrons. The molecule has 0 aliphatic heterocycles. The third kappa shape index (κ3) is 5.53. The molecule has 1 aromatic rings. The topological polar surface area (TPSA) is 116 Å². The zero-order valence-electron chi connectivity index (χ0n) is 18.5. The molecule has 7 nitrogen and oxygen atoms in total. The van der Waals surface area contributed by atoms with Crippen LogP contribution in [0.3, 0.4) is 0 Å². The molecule has 0 bridgehead atoms. The van der Waals surface area contributed by atoms with Crippen molar-refractivity contribution in [3.8, 4) is 6.07 Å². The van der Waals surface area contributed by atoms with Gasteiger partial charge in [-0.05, 0) is 62.8 Å².